The number of fused-ring (bicyclic) bond motifs is 8. The van der Waals surface area contributed by atoms with Crippen molar-refractivity contribution >= 4 is 64.9 Å². The minimum Gasteiger partial charge on any atom is -0.247 e. The molecule has 72 heavy (non-hydrogen) atoms. The molecule has 2 heteroatoms. The lowest BCUT2D eigenvalue weighted by molar-refractivity contribution is 1.41. The normalized spacial score (nSPS) is 11.6. The molecule has 0 radical (unpaired) electrons. The molecule has 2 nitrogen and oxygen atoms in total. The van der Waals surface area contributed by atoms with Crippen molar-refractivity contribution in [3.63, 3.8) is 0 Å². The minimum atomic E-state index is 0.956. The van der Waals surface area contributed by atoms with Crippen LogP contribution in [-0.4, -0.2) is 9.97 Å². The van der Waals surface area contributed by atoms with Gasteiger partial charge < -0.3 is 0 Å². The third kappa shape index (κ3) is 7.20. The van der Waals surface area contributed by atoms with Crippen LogP contribution >= 0.6 is 0 Å². The molecule has 14 aromatic rings. The fraction of sp³-hybridized carbons (Fsp3) is 0. The van der Waals surface area contributed by atoms with Gasteiger partial charge in [0.2, 0.25) is 0 Å². The maximum atomic E-state index is 5.35. The van der Waals surface area contributed by atoms with E-state index in [1.165, 1.54) is 76.8 Å². The molecule has 0 aliphatic rings. The maximum Gasteiger partial charge on any atom is 0.0788 e. The second-order valence-electron chi connectivity index (χ2n) is 18.8. The van der Waals surface area contributed by atoms with Crippen molar-refractivity contribution in [1.29, 1.82) is 0 Å². The van der Waals surface area contributed by atoms with E-state index >= 15 is 0 Å². The standard InChI is InChI=1S/C70H44N2/c1-3-15-57-45(11-1)13-9-21-61(57)55-37-29-49-27-35-53-39-41-67(71-69(53)65(49)43-55)51-31-23-47(24-32-51)59-17-5-7-19-63(59)64-20-8-6-18-60(64)48-25-33-52(34-26-48)68-42-40-54-36-28-50-30-38-56(44-66(50)70(54)72-68)62-22-10-14-46-12-2-4-16-58(46)62/h1-44H. The summed E-state index contributed by atoms with van der Waals surface area (Å²) in [7, 11) is 0. The number of benzene rings is 12. The Kier molecular flexibility index (Phi) is 9.89. The summed E-state index contributed by atoms with van der Waals surface area (Å²) in [6, 6.07) is 96.7. The van der Waals surface area contributed by atoms with Gasteiger partial charge in [-0.3, -0.25) is 0 Å². The van der Waals surface area contributed by atoms with Gasteiger partial charge in [-0.05, 0) is 112 Å². The Bertz CT molecular complexity index is 4140. The molecule has 12 aromatic carbocycles. The number of hydrogen-bond donors (Lipinski definition) is 0. The molecule has 0 saturated carbocycles. The summed E-state index contributed by atoms with van der Waals surface area (Å²) in [5.74, 6) is 0. The average molecular weight is 913 g/mol. The lowest BCUT2D eigenvalue weighted by Gasteiger charge is -2.15. The number of nitrogens with zero attached hydrogens (tertiary/aromatic N) is 2. The van der Waals surface area contributed by atoms with Gasteiger partial charge in [-0.15, -0.1) is 0 Å². The van der Waals surface area contributed by atoms with Gasteiger partial charge in [0.05, 0.1) is 22.4 Å². The highest BCUT2D eigenvalue weighted by Gasteiger charge is 2.15. The summed E-state index contributed by atoms with van der Waals surface area (Å²) < 4.78 is 0. The second kappa shape index (κ2) is 17.2. The maximum absolute atomic E-state index is 5.35. The molecule has 0 unspecified atom stereocenters. The summed E-state index contributed by atoms with van der Waals surface area (Å²) in [4.78, 5) is 10.7. The molecule has 0 spiro atoms. The van der Waals surface area contributed by atoms with Gasteiger partial charge in [0.15, 0.2) is 0 Å². The number of rotatable bonds is 7. The molecule has 334 valence electrons. The summed E-state index contributed by atoms with van der Waals surface area (Å²) in [6.07, 6.45) is 0. The van der Waals surface area contributed by atoms with Crippen LogP contribution in [-0.2, 0) is 0 Å². The molecule has 2 aromatic heterocycles. The van der Waals surface area contributed by atoms with Crippen molar-refractivity contribution in [3.05, 3.63) is 267 Å². The van der Waals surface area contributed by atoms with Crippen LogP contribution in [0.3, 0.4) is 0 Å². The highest BCUT2D eigenvalue weighted by molar-refractivity contribution is 6.10. The van der Waals surface area contributed by atoms with Crippen LogP contribution in [0.5, 0.6) is 0 Å². The largest absolute Gasteiger partial charge is 0.247 e. The molecular weight excluding hydrogens is 869 g/mol. The van der Waals surface area contributed by atoms with Gasteiger partial charge in [-0.25, -0.2) is 9.97 Å². The Morgan fingerprint density at radius 2 is 0.486 bits per heavy atom. The van der Waals surface area contributed by atoms with Gasteiger partial charge in [0.25, 0.3) is 0 Å². The lowest BCUT2D eigenvalue weighted by Crippen LogP contribution is -1.91. The summed E-state index contributed by atoms with van der Waals surface area (Å²) in [6.45, 7) is 0. The summed E-state index contributed by atoms with van der Waals surface area (Å²) in [5, 5.41) is 11.9. The molecule has 14 rings (SSSR count). The van der Waals surface area contributed by atoms with E-state index in [9.17, 15) is 0 Å². The van der Waals surface area contributed by atoms with E-state index in [1.807, 2.05) is 0 Å². The predicted octanol–water partition coefficient (Wildman–Crippen LogP) is 19.1. The van der Waals surface area contributed by atoms with E-state index in [0.717, 1.165) is 66.2 Å². The minimum absolute atomic E-state index is 0.956. The molecule has 0 bridgehead atoms. The molecule has 0 atom stereocenters. The zero-order valence-corrected chi connectivity index (χ0v) is 39.3. The van der Waals surface area contributed by atoms with Crippen LogP contribution in [0.4, 0.5) is 0 Å². The van der Waals surface area contributed by atoms with Gasteiger partial charge in [0.1, 0.15) is 0 Å². The average Bonchev–Trinajstić information content (AvgIpc) is 3.46. The van der Waals surface area contributed by atoms with Crippen LogP contribution in [0.2, 0.25) is 0 Å². The lowest BCUT2D eigenvalue weighted by atomic mass is 9.89. The third-order valence-electron chi connectivity index (χ3n) is 14.7. The second-order valence-corrected chi connectivity index (χ2v) is 18.8. The third-order valence-corrected chi connectivity index (χ3v) is 14.7. The van der Waals surface area contributed by atoms with E-state index < -0.39 is 0 Å². The van der Waals surface area contributed by atoms with E-state index in [-0.39, 0.29) is 0 Å². The van der Waals surface area contributed by atoms with Crippen molar-refractivity contribution in [3.8, 4) is 78.1 Å². The highest BCUT2D eigenvalue weighted by atomic mass is 14.7. The topological polar surface area (TPSA) is 25.8 Å². The number of aromatic nitrogens is 2. The first-order valence-electron chi connectivity index (χ1n) is 24.7. The van der Waals surface area contributed by atoms with Crippen molar-refractivity contribution in [2.75, 3.05) is 0 Å². The summed E-state index contributed by atoms with van der Waals surface area (Å²) in [5.41, 5.74) is 18.0. The van der Waals surface area contributed by atoms with Crippen molar-refractivity contribution in [2.24, 2.45) is 0 Å². The van der Waals surface area contributed by atoms with Gasteiger partial charge in [-0.2, -0.15) is 0 Å². The Labute approximate surface area is 417 Å². The van der Waals surface area contributed by atoms with Crippen LogP contribution in [0.15, 0.2) is 267 Å². The fourth-order valence-corrected chi connectivity index (χ4v) is 11.0. The van der Waals surface area contributed by atoms with E-state index in [1.54, 1.807) is 0 Å². The van der Waals surface area contributed by atoms with Crippen molar-refractivity contribution in [2.45, 2.75) is 0 Å². The Hall–Kier alpha value is -9.50. The Balaban J connectivity index is 0.773. The molecular formula is C70H44N2. The van der Waals surface area contributed by atoms with Crippen LogP contribution < -0.4 is 0 Å². The SMILES string of the molecule is c1ccc(-c2ccccc2-c2ccc(-c3ccc4ccc5ccc(-c6cccc7ccccc67)cc5c4n3)cc2)c(-c2ccc(-c3ccc4ccc5ccc(-c6cccc7ccccc67)cc5c4n3)cc2)c1. The van der Waals surface area contributed by atoms with Gasteiger partial charge >= 0.3 is 0 Å². The van der Waals surface area contributed by atoms with Crippen LogP contribution in [0, 0.1) is 0 Å². The molecule has 0 saturated heterocycles. The van der Waals surface area contributed by atoms with Crippen molar-refractivity contribution in [1.82, 2.24) is 9.97 Å². The molecule has 0 N–H and O–H groups in total. The van der Waals surface area contributed by atoms with Gasteiger partial charge in [-0.1, -0.05) is 243 Å². The smallest absolute Gasteiger partial charge is 0.0788 e. The monoisotopic (exact) mass is 912 g/mol. The first kappa shape index (κ1) is 41.5. The predicted molar refractivity (Wildman–Crippen MR) is 305 cm³/mol. The first-order chi connectivity index (χ1) is 35.7. The Morgan fingerprint density at radius 1 is 0.181 bits per heavy atom. The van der Waals surface area contributed by atoms with Gasteiger partial charge in [0, 0.05) is 32.7 Å². The Morgan fingerprint density at radius 3 is 0.944 bits per heavy atom. The summed E-state index contributed by atoms with van der Waals surface area (Å²) >= 11 is 0. The van der Waals surface area contributed by atoms with E-state index in [2.05, 4.69) is 267 Å². The zero-order chi connectivity index (χ0) is 47.5. The highest BCUT2D eigenvalue weighted by Crippen LogP contribution is 2.41. The quantitative estimate of drug-likeness (QED) is 0.149. The molecule has 0 amide bonds. The zero-order valence-electron chi connectivity index (χ0n) is 39.3. The van der Waals surface area contributed by atoms with Crippen molar-refractivity contribution < 1.29 is 0 Å². The van der Waals surface area contributed by atoms with E-state index in [0.29, 0.717) is 0 Å². The molecule has 2 heterocycles. The van der Waals surface area contributed by atoms with Crippen LogP contribution in [0.1, 0.15) is 0 Å². The molecule has 0 aliphatic heterocycles. The number of pyridine rings is 2. The van der Waals surface area contributed by atoms with E-state index in [4.69, 9.17) is 9.97 Å². The number of hydrogen-bond acceptors (Lipinski definition) is 2. The molecule has 0 fully saturated rings. The fourth-order valence-electron chi connectivity index (χ4n) is 11.0. The molecule has 0 aliphatic carbocycles. The first-order valence-corrected chi connectivity index (χ1v) is 24.7. The van der Waals surface area contributed by atoms with Crippen LogP contribution in [0.25, 0.3) is 143 Å².